The Morgan fingerprint density at radius 2 is 1.94 bits per heavy atom. The van der Waals surface area contributed by atoms with Crippen molar-refractivity contribution in [3.63, 3.8) is 0 Å². The molecule has 0 spiro atoms. The highest BCUT2D eigenvalue weighted by atomic mass is 79.9. The number of nitrogens with one attached hydrogen (secondary N) is 1. The molecule has 9 heteroatoms. The van der Waals surface area contributed by atoms with Crippen LogP contribution in [0.2, 0.25) is 5.02 Å². The minimum absolute atomic E-state index is 0.263. The summed E-state index contributed by atoms with van der Waals surface area (Å²) >= 11 is 9.82. The number of rotatable bonds is 9. The number of ether oxygens (including phenoxy) is 3. The first kappa shape index (κ1) is 25.2. The number of hydrogen-bond donors (Lipinski definition) is 2. The molecule has 4 rings (SSSR count). The van der Waals surface area contributed by atoms with Gasteiger partial charge in [0.25, 0.3) is 0 Å². The van der Waals surface area contributed by atoms with E-state index in [0.29, 0.717) is 67.4 Å². The van der Waals surface area contributed by atoms with Crippen LogP contribution in [0.15, 0.2) is 59.1 Å². The molecule has 0 atom stereocenters. The van der Waals surface area contributed by atoms with Gasteiger partial charge in [0.05, 0.1) is 36.0 Å². The quantitative estimate of drug-likeness (QED) is 0.340. The molecule has 2 N–H and O–H groups in total. The second-order valence-corrected chi connectivity index (χ2v) is 9.24. The van der Waals surface area contributed by atoms with Crippen LogP contribution in [0.3, 0.4) is 0 Å². The number of methoxy groups -OCH3 is 1. The minimum atomic E-state index is -0.959. The number of aromatic carboxylic acids is 1. The van der Waals surface area contributed by atoms with Crippen molar-refractivity contribution in [3.8, 4) is 11.5 Å². The molecule has 184 valence electrons. The SMILES string of the molecule is COc1cc(CNc2ccc(N3CCOCC3)c(C(=O)O)c2)cc(Br)c1OCc1ccccc1Cl. The van der Waals surface area contributed by atoms with E-state index in [1.807, 2.05) is 53.4 Å². The number of carboxylic acids is 1. The second-order valence-electron chi connectivity index (χ2n) is 7.98. The molecule has 3 aromatic carbocycles. The summed E-state index contributed by atoms with van der Waals surface area (Å²) < 4.78 is 17.7. The molecule has 0 saturated carbocycles. The maximum atomic E-state index is 11.9. The summed E-state index contributed by atoms with van der Waals surface area (Å²) in [5.41, 5.74) is 3.50. The van der Waals surface area contributed by atoms with Gasteiger partial charge in [-0.05, 0) is 57.9 Å². The Morgan fingerprint density at radius 1 is 1.17 bits per heavy atom. The topological polar surface area (TPSA) is 80.3 Å². The van der Waals surface area contributed by atoms with E-state index in [9.17, 15) is 9.90 Å². The Labute approximate surface area is 217 Å². The third kappa shape index (κ3) is 6.20. The molecular weight excluding hydrogens is 536 g/mol. The van der Waals surface area contributed by atoms with Crippen molar-refractivity contribution in [2.75, 3.05) is 43.6 Å². The van der Waals surface area contributed by atoms with Gasteiger partial charge < -0.3 is 29.5 Å². The van der Waals surface area contributed by atoms with E-state index in [4.69, 9.17) is 25.8 Å². The van der Waals surface area contributed by atoms with Crippen molar-refractivity contribution in [1.29, 1.82) is 0 Å². The molecule has 3 aromatic rings. The predicted octanol–water partition coefficient (Wildman–Crippen LogP) is 5.84. The van der Waals surface area contributed by atoms with E-state index in [-0.39, 0.29) is 5.56 Å². The summed E-state index contributed by atoms with van der Waals surface area (Å²) in [7, 11) is 1.59. The lowest BCUT2D eigenvalue weighted by Crippen LogP contribution is -2.37. The fourth-order valence-corrected chi connectivity index (χ4v) is 4.68. The lowest BCUT2D eigenvalue weighted by Gasteiger charge is -2.30. The fourth-order valence-electron chi connectivity index (χ4n) is 3.88. The number of hydrogen-bond acceptors (Lipinski definition) is 6. The monoisotopic (exact) mass is 560 g/mol. The van der Waals surface area contributed by atoms with E-state index in [0.717, 1.165) is 15.6 Å². The van der Waals surface area contributed by atoms with Gasteiger partial charge in [-0.25, -0.2) is 4.79 Å². The van der Waals surface area contributed by atoms with Gasteiger partial charge in [-0.3, -0.25) is 0 Å². The Bertz CT molecular complexity index is 1200. The molecule has 0 radical (unpaired) electrons. The summed E-state index contributed by atoms with van der Waals surface area (Å²) in [6.45, 7) is 3.30. The lowest BCUT2D eigenvalue weighted by atomic mass is 10.1. The largest absolute Gasteiger partial charge is 0.493 e. The molecule has 1 saturated heterocycles. The summed E-state index contributed by atoms with van der Waals surface area (Å²) in [6, 6.07) is 16.8. The van der Waals surface area contributed by atoms with Crippen molar-refractivity contribution < 1.29 is 24.1 Å². The number of nitrogens with zero attached hydrogens (tertiary/aromatic N) is 1. The molecule has 1 heterocycles. The maximum absolute atomic E-state index is 11.9. The standard InChI is InChI=1S/C26H26BrClN2O5/c1-33-24-13-17(12-21(27)25(24)35-16-18-4-2-3-5-22(18)28)15-29-19-6-7-23(20(14-19)26(31)32)30-8-10-34-11-9-30/h2-7,12-14,29H,8-11,15-16H2,1H3,(H,31,32). The van der Waals surface area contributed by atoms with Crippen molar-refractivity contribution in [2.45, 2.75) is 13.2 Å². The number of carbonyl (C=O) groups is 1. The fraction of sp³-hybridized carbons (Fsp3) is 0.269. The van der Waals surface area contributed by atoms with Crippen LogP contribution in [0.4, 0.5) is 11.4 Å². The molecule has 1 fully saturated rings. The van der Waals surface area contributed by atoms with Crippen LogP contribution < -0.4 is 19.7 Å². The average molecular weight is 562 g/mol. The van der Waals surface area contributed by atoms with Gasteiger partial charge in [-0.1, -0.05) is 29.8 Å². The van der Waals surface area contributed by atoms with Crippen molar-refractivity contribution in [3.05, 3.63) is 80.8 Å². The first-order valence-corrected chi connectivity index (χ1v) is 12.3. The van der Waals surface area contributed by atoms with Crippen LogP contribution in [0.1, 0.15) is 21.5 Å². The highest BCUT2D eigenvalue weighted by Crippen LogP contribution is 2.38. The van der Waals surface area contributed by atoms with Crippen LogP contribution in [0.25, 0.3) is 0 Å². The zero-order valence-corrected chi connectivity index (χ0v) is 21.6. The molecule has 0 unspecified atom stereocenters. The van der Waals surface area contributed by atoms with E-state index in [1.54, 1.807) is 13.2 Å². The lowest BCUT2D eigenvalue weighted by molar-refractivity contribution is 0.0696. The van der Waals surface area contributed by atoms with Crippen LogP contribution in [0.5, 0.6) is 11.5 Å². The van der Waals surface area contributed by atoms with E-state index in [1.165, 1.54) is 0 Å². The summed E-state index contributed by atoms with van der Waals surface area (Å²) in [5, 5.41) is 13.7. The minimum Gasteiger partial charge on any atom is -0.493 e. The highest BCUT2D eigenvalue weighted by molar-refractivity contribution is 9.10. The number of anilines is 2. The Morgan fingerprint density at radius 3 is 2.66 bits per heavy atom. The number of benzene rings is 3. The Hall–Kier alpha value is -2.94. The second kappa shape index (κ2) is 11.7. The zero-order valence-electron chi connectivity index (χ0n) is 19.2. The van der Waals surface area contributed by atoms with Gasteiger partial charge in [0.15, 0.2) is 11.5 Å². The van der Waals surface area contributed by atoms with Crippen LogP contribution in [-0.4, -0.2) is 44.5 Å². The number of halogens is 2. The van der Waals surface area contributed by atoms with E-state index >= 15 is 0 Å². The van der Waals surface area contributed by atoms with Gasteiger partial charge >= 0.3 is 5.97 Å². The molecular formula is C26H26BrClN2O5. The van der Waals surface area contributed by atoms with Crippen LogP contribution in [0, 0.1) is 0 Å². The number of morpholine rings is 1. The normalized spacial score (nSPS) is 13.4. The molecule has 35 heavy (non-hydrogen) atoms. The first-order valence-electron chi connectivity index (χ1n) is 11.1. The Kier molecular flexibility index (Phi) is 8.38. The molecule has 0 bridgehead atoms. The maximum Gasteiger partial charge on any atom is 0.337 e. The van der Waals surface area contributed by atoms with E-state index in [2.05, 4.69) is 21.2 Å². The molecule has 0 amide bonds. The molecule has 0 aliphatic carbocycles. The highest BCUT2D eigenvalue weighted by Gasteiger charge is 2.19. The van der Waals surface area contributed by atoms with Crippen molar-refractivity contribution in [1.82, 2.24) is 0 Å². The Balaban J connectivity index is 1.47. The number of carboxylic acid groups (broad SMARTS) is 1. The summed E-state index contributed by atoms with van der Waals surface area (Å²) in [4.78, 5) is 14.0. The van der Waals surface area contributed by atoms with Gasteiger partial charge in [0.2, 0.25) is 0 Å². The molecule has 1 aliphatic heterocycles. The average Bonchev–Trinajstić information content (AvgIpc) is 2.87. The van der Waals surface area contributed by atoms with Crippen molar-refractivity contribution in [2.24, 2.45) is 0 Å². The van der Waals surface area contributed by atoms with Gasteiger partial charge in [0.1, 0.15) is 6.61 Å². The molecule has 1 aliphatic rings. The van der Waals surface area contributed by atoms with Crippen LogP contribution >= 0.6 is 27.5 Å². The first-order chi connectivity index (χ1) is 17.0. The van der Waals surface area contributed by atoms with Gasteiger partial charge in [0, 0.05) is 35.9 Å². The third-order valence-corrected chi connectivity index (χ3v) is 6.65. The zero-order chi connectivity index (χ0) is 24.8. The van der Waals surface area contributed by atoms with Crippen molar-refractivity contribution >= 4 is 44.9 Å². The molecule has 7 nitrogen and oxygen atoms in total. The van der Waals surface area contributed by atoms with Gasteiger partial charge in [-0.2, -0.15) is 0 Å². The molecule has 0 aromatic heterocycles. The van der Waals surface area contributed by atoms with Gasteiger partial charge in [-0.15, -0.1) is 0 Å². The van der Waals surface area contributed by atoms with E-state index < -0.39 is 5.97 Å². The smallest absolute Gasteiger partial charge is 0.337 e. The summed E-state index contributed by atoms with van der Waals surface area (Å²) in [5.74, 6) is 0.205. The predicted molar refractivity (Wildman–Crippen MR) is 140 cm³/mol. The third-order valence-electron chi connectivity index (χ3n) is 5.69. The summed E-state index contributed by atoms with van der Waals surface area (Å²) in [6.07, 6.45) is 0. The van der Waals surface area contributed by atoms with Crippen LogP contribution in [-0.2, 0) is 17.9 Å².